The number of amides is 2. The van der Waals surface area contributed by atoms with Crippen LogP contribution in [-0.2, 0) is 16.1 Å². The van der Waals surface area contributed by atoms with Gasteiger partial charge in [0.2, 0.25) is 11.8 Å². The van der Waals surface area contributed by atoms with Crippen LogP contribution >= 0.6 is 0 Å². The summed E-state index contributed by atoms with van der Waals surface area (Å²) in [6.07, 6.45) is 8.80. The Morgan fingerprint density at radius 3 is 2.65 bits per heavy atom. The number of likely N-dealkylation sites (tertiary alicyclic amines) is 2. The molecular weight excluding hydrogens is 292 g/mol. The lowest BCUT2D eigenvalue weighted by molar-refractivity contribution is -0.145. The smallest absolute Gasteiger partial charge is 0.245 e. The lowest BCUT2D eigenvalue weighted by Crippen LogP contribution is -2.53. The van der Waals surface area contributed by atoms with Crippen molar-refractivity contribution in [3.8, 4) is 0 Å². The number of aromatic nitrogens is 2. The minimum atomic E-state index is -0.257. The van der Waals surface area contributed by atoms with E-state index in [1.54, 1.807) is 11.8 Å². The van der Waals surface area contributed by atoms with Crippen molar-refractivity contribution in [2.24, 2.45) is 0 Å². The van der Waals surface area contributed by atoms with Crippen molar-refractivity contribution in [3.63, 3.8) is 0 Å². The highest BCUT2D eigenvalue weighted by atomic mass is 16.2. The molecule has 3 heterocycles. The Labute approximate surface area is 137 Å². The van der Waals surface area contributed by atoms with Crippen LogP contribution in [-0.4, -0.2) is 56.6 Å². The third kappa shape index (κ3) is 3.41. The van der Waals surface area contributed by atoms with Crippen molar-refractivity contribution in [1.29, 1.82) is 0 Å². The zero-order chi connectivity index (χ0) is 16.4. The standard InChI is InChI=1S/C17H26N4O2/c1-13-10-18-19(11-13)12-15-6-3-4-8-21(15)17(23)16-7-5-9-20(16)14(2)22/h10-11,15-16H,3-9,12H2,1-2H3/t15-,16+/m1/s1. The molecule has 0 saturated carbocycles. The molecule has 2 aliphatic rings. The Kier molecular flexibility index (Phi) is 4.68. The van der Waals surface area contributed by atoms with Crippen molar-refractivity contribution in [3.05, 3.63) is 18.0 Å². The Morgan fingerprint density at radius 2 is 1.96 bits per heavy atom. The molecule has 0 aliphatic carbocycles. The third-order valence-corrected chi connectivity index (χ3v) is 5.01. The minimum Gasteiger partial charge on any atom is -0.336 e. The topological polar surface area (TPSA) is 58.4 Å². The highest BCUT2D eigenvalue weighted by Crippen LogP contribution is 2.25. The number of aryl methyl sites for hydroxylation is 1. The summed E-state index contributed by atoms with van der Waals surface area (Å²) in [5.74, 6) is 0.142. The molecule has 23 heavy (non-hydrogen) atoms. The summed E-state index contributed by atoms with van der Waals surface area (Å²) in [7, 11) is 0. The molecule has 3 rings (SSSR count). The van der Waals surface area contributed by atoms with Gasteiger partial charge in [0, 0.05) is 26.2 Å². The molecule has 2 saturated heterocycles. The van der Waals surface area contributed by atoms with E-state index in [1.165, 1.54) is 0 Å². The fourth-order valence-electron chi connectivity index (χ4n) is 3.85. The molecule has 0 aromatic carbocycles. The number of carbonyl (C=O) groups excluding carboxylic acids is 2. The highest BCUT2D eigenvalue weighted by Gasteiger charge is 2.38. The fourth-order valence-corrected chi connectivity index (χ4v) is 3.85. The number of piperidine rings is 1. The van der Waals surface area contributed by atoms with Gasteiger partial charge in [-0.1, -0.05) is 0 Å². The molecule has 2 fully saturated rings. The first-order valence-electron chi connectivity index (χ1n) is 8.63. The second-order valence-electron chi connectivity index (χ2n) is 6.79. The predicted octanol–water partition coefficient (Wildman–Crippen LogP) is 1.58. The summed E-state index contributed by atoms with van der Waals surface area (Å²) >= 11 is 0. The van der Waals surface area contributed by atoms with Crippen molar-refractivity contribution < 1.29 is 9.59 Å². The molecule has 0 bridgehead atoms. The van der Waals surface area contributed by atoms with Gasteiger partial charge in [-0.2, -0.15) is 5.10 Å². The second kappa shape index (κ2) is 6.72. The molecule has 2 atom stereocenters. The van der Waals surface area contributed by atoms with Crippen LogP contribution in [0.3, 0.4) is 0 Å². The molecule has 1 aromatic rings. The van der Waals surface area contributed by atoms with Crippen LogP contribution in [0.25, 0.3) is 0 Å². The van der Waals surface area contributed by atoms with Crippen molar-refractivity contribution in [2.45, 2.75) is 64.6 Å². The van der Waals surface area contributed by atoms with E-state index in [1.807, 2.05) is 28.9 Å². The van der Waals surface area contributed by atoms with Gasteiger partial charge in [-0.3, -0.25) is 14.3 Å². The largest absolute Gasteiger partial charge is 0.336 e. The minimum absolute atomic E-state index is 0.0112. The van der Waals surface area contributed by atoms with Crippen LogP contribution in [0.15, 0.2) is 12.4 Å². The Morgan fingerprint density at radius 1 is 1.17 bits per heavy atom. The van der Waals surface area contributed by atoms with Gasteiger partial charge < -0.3 is 9.80 Å². The van der Waals surface area contributed by atoms with Gasteiger partial charge in [0.25, 0.3) is 0 Å². The maximum atomic E-state index is 13.0. The van der Waals surface area contributed by atoms with E-state index in [9.17, 15) is 9.59 Å². The Bertz CT molecular complexity index is 583. The summed E-state index contributed by atoms with van der Waals surface area (Å²) < 4.78 is 1.93. The predicted molar refractivity (Wildman–Crippen MR) is 86.7 cm³/mol. The average Bonchev–Trinajstić information content (AvgIpc) is 3.16. The summed E-state index contributed by atoms with van der Waals surface area (Å²) in [4.78, 5) is 28.5. The SMILES string of the molecule is CC(=O)N1CCC[C@H]1C(=O)N1CCCC[C@@H]1Cn1cc(C)cn1. The number of rotatable bonds is 3. The van der Waals surface area contributed by atoms with Crippen LogP contribution < -0.4 is 0 Å². The summed E-state index contributed by atoms with van der Waals surface area (Å²) in [5.41, 5.74) is 1.14. The van der Waals surface area contributed by atoms with E-state index in [4.69, 9.17) is 0 Å². The van der Waals surface area contributed by atoms with Gasteiger partial charge in [0.15, 0.2) is 0 Å². The zero-order valence-electron chi connectivity index (χ0n) is 14.1. The molecule has 6 heteroatoms. The normalized spacial score (nSPS) is 25.0. The van der Waals surface area contributed by atoms with E-state index >= 15 is 0 Å². The maximum absolute atomic E-state index is 13.0. The van der Waals surface area contributed by atoms with Crippen LogP contribution in [0.5, 0.6) is 0 Å². The molecule has 6 nitrogen and oxygen atoms in total. The van der Waals surface area contributed by atoms with Gasteiger partial charge in [-0.25, -0.2) is 0 Å². The van der Waals surface area contributed by atoms with Crippen LogP contribution in [0.2, 0.25) is 0 Å². The molecule has 1 aromatic heterocycles. The van der Waals surface area contributed by atoms with E-state index in [2.05, 4.69) is 5.10 Å². The lowest BCUT2D eigenvalue weighted by Gasteiger charge is -2.38. The fraction of sp³-hybridized carbons (Fsp3) is 0.706. The van der Waals surface area contributed by atoms with Crippen LogP contribution in [0.1, 0.15) is 44.6 Å². The molecule has 0 unspecified atom stereocenters. The average molecular weight is 318 g/mol. The number of nitrogens with zero attached hydrogens (tertiary/aromatic N) is 4. The first kappa shape index (κ1) is 16.0. The van der Waals surface area contributed by atoms with E-state index in [-0.39, 0.29) is 23.9 Å². The molecule has 2 aliphatic heterocycles. The van der Waals surface area contributed by atoms with E-state index < -0.39 is 0 Å². The quantitative estimate of drug-likeness (QED) is 0.850. The zero-order valence-corrected chi connectivity index (χ0v) is 14.1. The number of hydrogen-bond donors (Lipinski definition) is 0. The monoisotopic (exact) mass is 318 g/mol. The molecule has 0 N–H and O–H groups in total. The van der Waals surface area contributed by atoms with Gasteiger partial charge in [-0.15, -0.1) is 0 Å². The molecular formula is C17H26N4O2. The third-order valence-electron chi connectivity index (χ3n) is 5.01. The van der Waals surface area contributed by atoms with Gasteiger partial charge in [-0.05, 0) is 44.6 Å². The van der Waals surface area contributed by atoms with Crippen LogP contribution in [0, 0.1) is 6.92 Å². The van der Waals surface area contributed by atoms with E-state index in [0.29, 0.717) is 6.54 Å². The second-order valence-corrected chi connectivity index (χ2v) is 6.79. The Hall–Kier alpha value is -1.85. The first-order chi connectivity index (χ1) is 11.1. The summed E-state index contributed by atoms with van der Waals surface area (Å²) in [6, 6.07) is -0.0718. The van der Waals surface area contributed by atoms with Crippen molar-refractivity contribution in [2.75, 3.05) is 13.1 Å². The van der Waals surface area contributed by atoms with Crippen LogP contribution in [0.4, 0.5) is 0 Å². The van der Waals surface area contributed by atoms with E-state index in [0.717, 1.165) is 50.8 Å². The number of carbonyl (C=O) groups is 2. The lowest BCUT2D eigenvalue weighted by atomic mass is 10.00. The van der Waals surface area contributed by atoms with Crippen molar-refractivity contribution >= 4 is 11.8 Å². The highest BCUT2D eigenvalue weighted by molar-refractivity contribution is 5.87. The first-order valence-corrected chi connectivity index (χ1v) is 8.63. The number of hydrogen-bond acceptors (Lipinski definition) is 3. The van der Waals surface area contributed by atoms with Gasteiger partial charge in [0.1, 0.15) is 6.04 Å². The summed E-state index contributed by atoms with van der Waals surface area (Å²) in [6.45, 7) is 5.84. The Balaban J connectivity index is 1.72. The summed E-state index contributed by atoms with van der Waals surface area (Å²) in [5, 5.41) is 4.36. The maximum Gasteiger partial charge on any atom is 0.245 e. The molecule has 0 radical (unpaired) electrons. The molecule has 2 amide bonds. The molecule has 0 spiro atoms. The van der Waals surface area contributed by atoms with Gasteiger partial charge >= 0.3 is 0 Å². The molecule has 126 valence electrons. The van der Waals surface area contributed by atoms with Crippen molar-refractivity contribution in [1.82, 2.24) is 19.6 Å². The van der Waals surface area contributed by atoms with Gasteiger partial charge in [0.05, 0.1) is 18.8 Å².